The summed E-state index contributed by atoms with van der Waals surface area (Å²) < 4.78 is 5.69. The third-order valence-corrected chi connectivity index (χ3v) is 5.65. The van der Waals surface area contributed by atoms with E-state index in [1.165, 1.54) is 29.9 Å². The lowest BCUT2D eigenvalue weighted by Crippen LogP contribution is -2.50. The number of carbonyl (C=O) groups excluding carboxylic acids is 1. The van der Waals surface area contributed by atoms with E-state index < -0.39 is 0 Å². The van der Waals surface area contributed by atoms with Crippen molar-refractivity contribution in [2.45, 2.75) is 25.5 Å². The van der Waals surface area contributed by atoms with Gasteiger partial charge in [-0.15, -0.1) is 0 Å². The number of nitrogens with one attached hydrogen (secondary N) is 1. The van der Waals surface area contributed by atoms with Crippen LogP contribution in [-0.2, 0) is 16.1 Å². The highest BCUT2D eigenvalue weighted by Gasteiger charge is 2.27. The summed E-state index contributed by atoms with van der Waals surface area (Å²) in [4.78, 5) is 14.7. The lowest BCUT2D eigenvalue weighted by Gasteiger charge is -2.32. The number of morpholine rings is 1. The monoisotopic (exact) mass is 334 g/mol. The number of thioether (sulfide) groups is 1. The number of rotatable bonds is 5. The van der Waals surface area contributed by atoms with Crippen molar-refractivity contribution in [3.8, 4) is 0 Å². The van der Waals surface area contributed by atoms with Crippen LogP contribution in [-0.4, -0.2) is 54.7 Å². The van der Waals surface area contributed by atoms with E-state index in [4.69, 9.17) is 4.74 Å². The maximum atomic E-state index is 12.4. The van der Waals surface area contributed by atoms with Crippen LogP contribution in [0.1, 0.15) is 18.4 Å². The van der Waals surface area contributed by atoms with Gasteiger partial charge in [-0.3, -0.25) is 9.69 Å². The Hall–Kier alpha value is -1.04. The number of hydrogen-bond donors (Lipinski definition) is 1. The molecule has 0 aliphatic carbocycles. The molecular weight excluding hydrogens is 308 g/mol. The number of benzene rings is 1. The van der Waals surface area contributed by atoms with Crippen molar-refractivity contribution in [3.63, 3.8) is 0 Å². The Morgan fingerprint density at radius 2 is 2.04 bits per heavy atom. The quantitative estimate of drug-likeness (QED) is 0.896. The molecule has 0 bridgehead atoms. The molecule has 0 radical (unpaired) electrons. The Balaban J connectivity index is 1.44. The van der Waals surface area contributed by atoms with Crippen LogP contribution in [0.3, 0.4) is 0 Å². The van der Waals surface area contributed by atoms with E-state index >= 15 is 0 Å². The number of ether oxygens (including phenoxy) is 1. The average molecular weight is 334 g/mol. The lowest BCUT2D eigenvalue weighted by molar-refractivity contribution is -0.139. The first kappa shape index (κ1) is 16.8. The molecule has 2 aliphatic rings. The fourth-order valence-corrected chi connectivity index (χ4v) is 4.36. The highest BCUT2D eigenvalue weighted by atomic mass is 32.2. The van der Waals surface area contributed by atoms with Crippen LogP contribution in [0.5, 0.6) is 0 Å². The van der Waals surface area contributed by atoms with E-state index in [9.17, 15) is 4.79 Å². The van der Waals surface area contributed by atoms with E-state index in [2.05, 4.69) is 34.5 Å². The van der Waals surface area contributed by atoms with Gasteiger partial charge in [-0.1, -0.05) is 30.3 Å². The SMILES string of the molecule is O=C(NCC1CCSCC1)[C@H]1CN(Cc2ccccc2)CCO1. The zero-order valence-electron chi connectivity index (χ0n) is 13.6. The number of nitrogens with zero attached hydrogens (tertiary/aromatic N) is 1. The van der Waals surface area contributed by atoms with Gasteiger partial charge in [-0.25, -0.2) is 0 Å². The van der Waals surface area contributed by atoms with Crippen LogP contribution in [0.15, 0.2) is 30.3 Å². The van der Waals surface area contributed by atoms with E-state index in [-0.39, 0.29) is 12.0 Å². The standard InChI is InChI=1S/C18H26N2O2S/c21-18(19-12-15-6-10-23-11-7-15)17-14-20(8-9-22-17)13-16-4-2-1-3-5-16/h1-5,15,17H,6-14H2,(H,19,21)/t17-/m1/s1. The van der Waals surface area contributed by atoms with E-state index in [0.29, 0.717) is 19.1 Å². The normalized spacial score (nSPS) is 23.6. The minimum Gasteiger partial charge on any atom is -0.366 e. The molecule has 1 amide bonds. The lowest BCUT2D eigenvalue weighted by atomic mass is 10.0. The molecule has 0 aromatic heterocycles. The number of carbonyl (C=O) groups is 1. The molecule has 0 unspecified atom stereocenters. The smallest absolute Gasteiger partial charge is 0.250 e. The number of hydrogen-bond acceptors (Lipinski definition) is 4. The largest absolute Gasteiger partial charge is 0.366 e. The molecule has 126 valence electrons. The van der Waals surface area contributed by atoms with E-state index in [1.54, 1.807) is 0 Å². The molecule has 1 N–H and O–H groups in total. The summed E-state index contributed by atoms with van der Waals surface area (Å²) in [5, 5.41) is 3.11. The van der Waals surface area contributed by atoms with Gasteiger partial charge in [-0.05, 0) is 35.8 Å². The van der Waals surface area contributed by atoms with Gasteiger partial charge in [0.05, 0.1) is 6.61 Å². The van der Waals surface area contributed by atoms with E-state index in [1.807, 2.05) is 17.8 Å². The molecule has 0 saturated carbocycles. The summed E-state index contributed by atoms with van der Waals surface area (Å²) in [6.07, 6.45) is 2.11. The molecule has 2 fully saturated rings. The van der Waals surface area contributed by atoms with Crippen LogP contribution >= 0.6 is 11.8 Å². The molecule has 1 aromatic rings. The van der Waals surface area contributed by atoms with Crippen LogP contribution in [0.4, 0.5) is 0 Å². The van der Waals surface area contributed by atoms with Gasteiger partial charge in [-0.2, -0.15) is 11.8 Å². The second-order valence-corrected chi connectivity index (χ2v) is 7.61. The predicted molar refractivity (Wildman–Crippen MR) is 94.5 cm³/mol. The summed E-state index contributed by atoms with van der Waals surface area (Å²) >= 11 is 2.02. The van der Waals surface area contributed by atoms with Crippen LogP contribution in [0.25, 0.3) is 0 Å². The Kier molecular flexibility index (Phi) is 6.37. The summed E-state index contributed by atoms with van der Waals surface area (Å²) in [5.41, 5.74) is 1.29. The summed E-state index contributed by atoms with van der Waals surface area (Å²) in [6.45, 7) is 3.89. The zero-order valence-corrected chi connectivity index (χ0v) is 14.4. The Morgan fingerprint density at radius 3 is 2.83 bits per heavy atom. The maximum Gasteiger partial charge on any atom is 0.250 e. The molecule has 3 rings (SSSR count). The fraction of sp³-hybridized carbons (Fsp3) is 0.611. The average Bonchev–Trinajstić information content (AvgIpc) is 2.62. The van der Waals surface area contributed by atoms with Crippen molar-refractivity contribution in [1.82, 2.24) is 10.2 Å². The van der Waals surface area contributed by atoms with Crippen LogP contribution in [0.2, 0.25) is 0 Å². The van der Waals surface area contributed by atoms with Crippen molar-refractivity contribution in [2.24, 2.45) is 5.92 Å². The molecule has 23 heavy (non-hydrogen) atoms. The molecule has 2 saturated heterocycles. The predicted octanol–water partition coefficient (Wildman–Crippen LogP) is 2.15. The third kappa shape index (κ3) is 5.23. The van der Waals surface area contributed by atoms with Gasteiger partial charge in [0.15, 0.2) is 0 Å². The highest BCUT2D eigenvalue weighted by Crippen LogP contribution is 2.22. The first-order chi connectivity index (χ1) is 11.3. The first-order valence-electron chi connectivity index (χ1n) is 8.54. The molecular formula is C18H26N2O2S. The summed E-state index contributed by atoms with van der Waals surface area (Å²) in [6, 6.07) is 10.4. The van der Waals surface area contributed by atoms with Crippen LogP contribution in [0, 0.1) is 5.92 Å². The van der Waals surface area contributed by atoms with Crippen LogP contribution < -0.4 is 5.32 Å². The molecule has 1 atom stereocenters. The van der Waals surface area contributed by atoms with Gasteiger partial charge in [0.2, 0.25) is 5.91 Å². The summed E-state index contributed by atoms with van der Waals surface area (Å²) in [5.74, 6) is 3.15. The van der Waals surface area contributed by atoms with Crippen molar-refractivity contribution in [3.05, 3.63) is 35.9 Å². The maximum absolute atomic E-state index is 12.4. The van der Waals surface area contributed by atoms with Gasteiger partial charge in [0.25, 0.3) is 0 Å². The third-order valence-electron chi connectivity index (χ3n) is 4.60. The highest BCUT2D eigenvalue weighted by molar-refractivity contribution is 7.99. The first-order valence-corrected chi connectivity index (χ1v) is 9.70. The van der Waals surface area contributed by atoms with Crippen molar-refractivity contribution >= 4 is 17.7 Å². The van der Waals surface area contributed by atoms with Gasteiger partial charge < -0.3 is 10.1 Å². The Morgan fingerprint density at radius 1 is 1.26 bits per heavy atom. The Labute approximate surface area is 143 Å². The van der Waals surface area contributed by atoms with Gasteiger partial charge >= 0.3 is 0 Å². The van der Waals surface area contributed by atoms with Gasteiger partial charge in [0.1, 0.15) is 6.10 Å². The second kappa shape index (κ2) is 8.71. The molecule has 2 heterocycles. The fourth-order valence-electron chi connectivity index (χ4n) is 3.16. The molecule has 2 aliphatic heterocycles. The van der Waals surface area contributed by atoms with Crippen molar-refractivity contribution < 1.29 is 9.53 Å². The topological polar surface area (TPSA) is 41.6 Å². The molecule has 0 spiro atoms. The van der Waals surface area contributed by atoms with Gasteiger partial charge in [0, 0.05) is 26.2 Å². The van der Waals surface area contributed by atoms with Crippen molar-refractivity contribution in [1.29, 1.82) is 0 Å². The molecule has 5 heteroatoms. The zero-order chi connectivity index (χ0) is 15.9. The summed E-state index contributed by atoms with van der Waals surface area (Å²) in [7, 11) is 0. The minimum atomic E-state index is -0.328. The number of amides is 1. The Bertz CT molecular complexity index is 491. The molecule has 1 aromatic carbocycles. The second-order valence-electron chi connectivity index (χ2n) is 6.38. The molecule has 4 nitrogen and oxygen atoms in total. The van der Waals surface area contributed by atoms with E-state index in [0.717, 1.165) is 19.6 Å². The minimum absolute atomic E-state index is 0.0565. The van der Waals surface area contributed by atoms with Crippen molar-refractivity contribution in [2.75, 3.05) is 37.7 Å².